The first kappa shape index (κ1) is 26.8. The van der Waals surface area contributed by atoms with Gasteiger partial charge in [-0.25, -0.2) is 4.99 Å². The van der Waals surface area contributed by atoms with Gasteiger partial charge in [0.05, 0.1) is 20.3 Å². The van der Waals surface area contributed by atoms with Crippen LogP contribution in [-0.4, -0.2) is 58.4 Å². The summed E-state index contributed by atoms with van der Waals surface area (Å²) in [7, 11) is 5.70. The molecule has 0 atom stereocenters. The van der Waals surface area contributed by atoms with Gasteiger partial charge in [-0.3, -0.25) is 0 Å². The van der Waals surface area contributed by atoms with Crippen LogP contribution in [0.25, 0.3) is 0 Å². The van der Waals surface area contributed by atoms with E-state index in [1.54, 1.807) is 7.11 Å². The summed E-state index contributed by atoms with van der Waals surface area (Å²) in [4.78, 5) is 6.80. The Bertz CT molecular complexity index is 815. The second-order valence-electron chi connectivity index (χ2n) is 6.92. The monoisotopic (exact) mass is 542 g/mol. The van der Waals surface area contributed by atoms with Crippen LogP contribution in [0.4, 0.5) is 5.69 Å². The highest BCUT2D eigenvalue weighted by atomic mass is 127. The number of ether oxygens (including phenoxy) is 3. The second kappa shape index (κ2) is 14.7. The quantitative estimate of drug-likeness (QED) is 0.252. The molecular formula is C23H35IN4O3. The summed E-state index contributed by atoms with van der Waals surface area (Å²) in [6.07, 6.45) is 0. The van der Waals surface area contributed by atoms with Gasteiger partial charge in [-0.1, -0.05) is 12.1 Å². The second-order valence-corrected chi connectivity index (χ2v) is 6.92. The topological polar surface area (TPSA) is 67.4 Å². The molecule has 0 spiro atoms. The Morgan fingerprint density at radius 2 is 1.84 bits per heavy atom. The molecule has 8 heteroatoms. The van der Waals surface area contributed by atoms with Gasteiger partial charge in [-0.15, -0.1) is 24.0 Å². The summed E-state index contributed by atoms with van der Waals surface area (Å²) in [5, 5.41) is 6.59. The van der Waals surface area contributed by atoms with Crippen molar-refractivity contribution in [2.24, 2.45) is 4.99 Å². The summed E-state index contributed by atoms with van der Waals surface area (Å²) in [5.41, 5.74) is 1.95. The Morgan fingerprint density at radius 3 is 2.52 bits per heavy atom. The highest BCUT2D eigenvalue weighted by Gasteiger charge is 2.07. The number of methoxy groups -OCH3 is 1. The number of rotatable bonds is 11. The smallest absolute Gasteiger partial charge is 0.196 e. The highest BCUT2D eigenvalue weighted by molar-refractivity contribution is 14.0. The molecule has 0 saturated heterocycles. The van der Waals surface area contributed by atoms with Crippen molar-refractivity contribution in [2.75, 3.05) is 52.8 Å². The third kappa shape index (κ3) is 9.65. The number of nitrogens with zero attached hydrogens (tertiary/aromatic N) is 2. The van der Waals surface area contributed by atoms with Crippen LogP contribution < -0.4 is 24.8 Å². The Kier molecular flexibility index (Phi) is 12.8. The average molecular weight is 542 g/mol. The Labute approximate surface area is 203 Å². The van der Waals surface area contributed by atoms with E-state index in [2.05, 4.69) is 15.5 Å². The van der Waals surface area contributed by atoms with Crippen LogP contribution in [0.2, 0.25) is 0 Å². The number of guanidine groups is 1. The zero-order valence-electron chi connectivity index (χ0n) is 19.1. The van der Waals surface area contributed by atoms with E-state index in [1.807, 2.05) is 70.4 Å². The molecule has 0 fully saturated rings. The number of hydrogen-bond acceptors (Lipinski definition) is 5. The number of anilines is 1. The van der Waals surface area contributed by atoms with Crippen molar-refractivity contribution < 1.29 is 14.2 Å². The first-order chi connectivity index (χ1) is 14.5. The van der Waals surface area contributed by atoms with Crippen LogP contribution in [0.1, 0.15) is 19.4 Å². The van der Waals surface area contributed by atoms with E-state index in [-0.39, 0.29) is 24.0 Å². The maximum Gasteiger partial charge on any atom is 0.196 e. The lowest BCUT2D eigenvalue weighted by molar-refractivity contribution is 0.261. The SMILES string of the molecule is CCNC(=NCc1cccc(OCCN(C)C)c1)Nc1ccc(OCC)c(OC)c1.I. The lowest BCUT2D eigenvalue weighted by Gasteiger charge is -2.14. The molecule has 0 aliphatic carbocycles. The zero-order valence-corrected chi connectivity index (χ0v) is 21.4. The van der Waals surface area contributed by atoms with E-state index in [0.29, 0.717) is 31.5 Å². The van der Waals surface area contributed by atoms with Crippen LogP contribution in [0.5, 0.6) is 17.2 Å². The molecule has 0 aliphatic heterocycles. The molecule has 0 heterocycles. The first-order valence-corrected chi connectivity index (χ1v) is 10.3. The van der Waals surface area contributed by atoms with E-state index in [4.69, 9.17) is 19.2 Å². The summed E-state index contributed by atoms with van der Waals surface area (Å²) >= 11 is 0. The first-order valence-electron chi connectivity index (χ1n) is 10.3. The predicted octanol–water partition coefficient (Wildman–Crippen LogP) is 4.23. The minimum absolute atomic E-state index is 0. The van der Waals surface area contributed by atoms with E-state index >= 15 is 0 Å². The molecule has 0 saturated carbocycles. The number of nitrogens with one attached hydrogen (secondary N) is 2. The maximum atomic E-state index is 5.82. The molecule has 2 N–H and O–H groups in total. The van der Waals surface area contributed by atoms with Crippen molar-refractivity contribution in [2.45, 2.75) is 20.4 Å². The molecule has 0 amide bonds. The Morgan fingerprint density at radius 1 is 1.03 bits per heavy atom. The molecule has 7 nitrogen and oxygen atoms in total. The van der Waals surface area contributed by atoms with Crippen molar-refractivity contribution in [1.29, 1.82) is 0 Å². The minimum Gasteiger partial charge on any atom is -0.493 e. The van der Waals surface area contributed by atoms with E-state index in [1.165, 1.54) is 0 Å². The lowest BCUT2D eigenvalue weighted by Crippen LogP contribution is -2.30. The van der Waals surface area contributed by atoms with Crippen molar-refractivity contribution in [3.63, 3.8) is 0 Å². The van der Waals surface area contributed by atoms with Crippen molar-refractivity contribution in [3.8, 4) is 17.2 Å². The van der Waals surface area contributed by atoms with Crippen LogP contribution >= 0.6 is 24.0 Å². The number of hydrogen-bond donors (Lipinski definition) is 2. The third-order valence-electron chi connectivity index (χ3n) is 4.20. The molecule has 0 unspecified atom stereocenters. The van der Waals surface area contributed by atoms with Crippen molar-refractivity contribution in [1.82, 2.24) is 10.2 Å². The number of halogens is 1. The molecule has 31 heavy (non-hydrogen) atoms. The molecule has 172 valence electrons. The summed E-state index contributed by atoms with van der Waals surface area (Å²) in [6, 6.07) is 13.8. The number of aliphatic imine (C=N–C) groups is 1. The van der Waals surface area contributed by atoms with Crippen LogP contribution in [0.15, 0.2) is 47.5 Å². The van der Waals surface area contributed by atoms with Gasteiger partial charge >= 0.3 is 0 Å². The van der Waals surface area contributed by atoms with Crippen LogP contribution in [0.3, 0.4) is 0 Å². The molecule has 2 aromatic rings. The van der Waals surface area contributed by atoms with Gasteiger partial charge in [0, 0.05) is 24.8 Å². The minimum atomic E-state index is 0. The molecule has 0 radical (unpaired) electrons. The van der Waals surface area contributed by atoms with E-state index < -0.39 is 0 Å². The van der Waals surface area contributed by atoms with Gasteiger partial charge in [0.1, 0.15) is 12.4 Å². The fraction of sp³-hybridized carbons (Fsp3) is 0.435. The Hall–Kier alpha value is -2.20. The van der Waals surface area contributed by atoms with Gasteiger partial charge in [-0.05, 0) is 57.8 Å². The van der Waals surface area contributed by atoms with Gasteiger partial charge in [-0.2, -0.15) is 0 Å². The number of benzene rings is 2. The third-order valence-corrected chi connectivity index (χ3v) is 4.20. The largest absolute Gasteiger partial charge is 0.493 e. The number of likely N-dealkylation sites (N-methyl/N-ethyl adjacent to an activating group) is 1. The summed E-state index contributed by atoms with van der Waals surface area (Å²) in [6.45, 7) is 7.40. The Balaban J connectivity index is 0.00000480. The van der Waals surface area contributed by atoms with Gasteiger partial charge in [0.25, 0.3) is 0 Å². The molecule has 0 bridgehead atoms. The fourth-order valence-electron chi connectivity index (χ4n) is 2.71. The fourth-order valence-corrected chi connectivity index (χ4v) is 2.71. The summed E-state index contributed by atoms with van der Waals surface area (Å²) < 4.78 is 16.8. The predicted molar refractivity (Wildman–Crippen MR) is 139 cm³/mol. The van der Waals surface area contributed by atoms with E-state index in [0.717, 1.165) is 35.8 Å². The standard InChI is InChI=1S/C23H34N4O3.HI/c1-6-24-23(26-19-11-12-21(29-7-2)22(16-19)28-5)25-17-18-9-8-10-20(15-18)30-14-13-27(3)4;/h8-12,15-16H,6-7,13-14,17H2,1-5H3,(H2,24,25,26);1H. The molecular weight excluding hydrogens is 507 g/mol. The lowest BCUT2D eigenvalue weighted by atomic mass is 10.2. The molecule has 2 rings (SSSR count). The molecule has 0 aromatic heterocycles. The van der Waals surface area contributed by atoms with Gasteiger partial charge in [0.15, 0.2) is 17.5 Å². The highest BCUT2D eigenvalue weighted by Crippen LogP contribution is 2.30. The zero-order chi connectivity index (χ0) is 21.8. The maximum absolute atomic E-state index is 5.82. The average Bonchev–Trinajstić information content (AvgIpc) is 2.73. The molecule has 2 aromatic carbocycles. The normalized spacial score (nSPS) is 11.0. The van der Waals surface area contributed by atoms with Gasteiger partial charge in [0.2, 0.25) is 0 Å². The van der Waals surface area contributed by atoms with Crippen LogP contribution in [0, 0.1) is 0 Å². The van der Waals surface area contributed by atoms with E-state index in [9.17, 15) is 0 Å². The van der Waals surface area contributed by atoms with Crippen LogP contribution in [-0.2, 0) is 6.54 Å². The van der Waals surface area contributed by atoms with Crippen molar-refractivity contribution in [3.05, 3.63) is 48.0 Å². The summed E-state index contributed by atoms with van der Waals surface area (Å²) in [5.74, 6) is 2.96. The van der Waals surface area contributed by atoms with Gasteiger partial charge < -0.3 is 29.7 Å². The van der Waals surface area contributed by atoms with Crippen molar-refractivity contribution >= 4 is 35.6 Å². The molecule has 0 aliphatic rings.